The molecule has 0 saturated carbocycles. The minimum atomic E-state index is 0.625. The fourth-order valence-corrected chi connectivity index (χ4v) is 6.30. The summed E-state index contributed by atoms with van der Waals surface area (Å²) < 4.78 is 53.2. The van der Waals surface area contributed by atoms with Gasteiger partial charge < -0.3 is 52.4 Å². The van der Waals surface area contributed by atoms with Gasteiger partial charge in [-0.25, -0.2) is 0 Å². The molecular weight excluding hydrogens is 684 g/mol. The number of hydrogen-bond donors (Lipinski definition) is 0. The van der Waals surface area contributed by atoms with E-state index in [1.807, 2.05) is 0 Å². The minimum Gasteiger partial charge on any atom is -0.379 e. The third-order valence-electron chi connectivity index (χ3n) is 9.90. The molecule has 314 valence electrons. The molecule has 0 aromatic rings. The van der Waals surface area contributed by atoms with Crippen LogP contribution in [0.3, 0.4) is 0 Å². The van der Waals surface area contributed by atoms with E-state index in [-0.39, 0.29) is 0 Å². The summed E-state index contributed by atoms with van der Waals surface area (Å²) >= 11 is 0. The Labute approximate surface area is 322 Å². The Morgan fingerprint density at radius 1 is 0.245 bits per heavy atom. The van der Waals surface area contributed by atoms with Crippen molar-refractivity contribution >= 4 is 0 Å². The molecule has 0 radical (unpaired) electrons. The molecule has 15 heteroatoms. The second kappa shape index (κ2) is 33.5. The Bertz CT molecular complexity index is 751. The molecule has 3 fully saturated rings. The Hall–Kier alpha value is -0.600. The lowest BCUT2D eigenvalue weighted by atomic mass is 10.3. The molecule has 3 saturated heterocycles. The standard InChI is InChI=1S/C38H78N6O9/c1-39-9-21-45-25-13-41(17-29-50-35-33-48-23-11-39)5-3-7-43-15-27-47-28-16-44(20-32-53-38-37-52-31-19-43)8-4-6-42-14-26-46-22-10-40(2)12-24-49-34-36-51-30-18-42/h3-38H2,1-2H3. The number of ether oxygens (including phenoxy) is 9. The van der Waals surface area contributed by atoms with Crippen LogP contribution in [0.5, 0.6) is 0 Å². The van der Waals surface area contributed by atoms with Crippen LogP contribution in [0.4, 0.5) is 0 Å². The minimum absolute atomic E-state index is 0.625. The first-order valence-corrected chi connectivity index (χ1v) is 20.7. The van der Waals surface area contributed by atoms with Crippen LogP contribution in [0, 0.1) is 0 Å². The van der Waals surface area contributed by atoms with Crippen molar-refractivity contribution in [2.75, 3.05) is 238 Å². The largest absolute Gasteiger partial charge is 0.379 e. The molecule has 3 aliphatic heterocycles. The molecule has 0 atom stereocenters. The quantitative estimate of drug-likeness (QED) is 0.332. The monoisotopic (exact) mass is 763 g/mol. The Morgan fingerprint density at radius 2 is 0.415 bits per heavy atom. The summed E-state index contributed by atoms with van der Waals surface area (Å²) in [5, 5.41) is 0. The molecule has 53 heavy (non-hydrogen) atoms. The molecule has 0 spiro atoms. The highest BCUT2D eigenvalue weighted by atomic mass is 16.5. The van der Waals surface area contributed by atoms with Gasteiger partial charge in [0.15, 0.2) is 0 Å². The van der Waals surface area contributed by atoms with E-state index in [4.69, 9.17) is 42.6 Å². The predicted molar refractivity (Wildman–Crippen MR) is 207 cm³/mol. The maximum atomic E-state index is 6.21. The second-order valence-electron chi connectivity index (χ2n) is 14.2. The SMILES string of the molecule is CN1CCOCCOCCN(CCCN2CCOCCOCCN(CCCN3CCOCCOCCN(C)CCOCC3)CCOCC2)CCOCC1. The summed E-state index contributed by atoms with van der Waals surface area (Å²) in [5.74, 6) is 0. The van der Waals surface area contributed by atoms with Crippen molar-refractivity contribution in [3.8, 4) is 0 Å². The lowest BCUT2D eigenvalue weighted by Gasteiger charge is -2.26. The van der Waals surface area contributed by atoms with Gasteiger partial charge in [0.25, 0.3) is 0 Å². The van der Waals surface area contributed by atoms with E-state index in [1.54, 1.807) is 0 Å². The van der Waals surface area contributed by atoms with E-state index >= 15 is 0 Å². The van der Waals surface area contributed by atoms with Gasteiger partial charge in [0.05, 0.1) is 119 Å². The zero-order chi connectivity index (χ0) is 37.3. The van der Waals surface area contributed by atoms with Gasteiger partial charge in [0.2, 0.25) is 0 Å². The van der Waals surface area contributed by atoms with Crippen molar-refractivity contribution in [1.29, 1.82) is 0 Å². The molecule has 3 aliphatic rings. The first kappa shape index (κ1) is 46.8. The highest BCUT2D eigenvalue weighted by molar-refractivity contribution is 4.66. The average Bonchev–Trinajstić information content (AvgIpc) is 3.17. The third kappa shape index (κ3) is 26.8. The number of nitrogens with zero attached hydrogens (tertiary/aromatic N) is 6. The maximum absolute atomic E-state index is 6.21. The Kier molecular flexibility index (Phi) is 29.6. The van der Waals surface area contributed by atoms with Gasteiger partial charge >= 0.3 is 0 Å². The average molecular weight is 763 g/mol. The maximum Gasteiger partial charge on any atom is 0.0701 e. The van der Waals surface area contributed by atoms with Crippen molar-refractivity contribution in [3.05, 3.63) is 0 Å². The molecule has 3 rings (SSSR count). The predicted octanol–water partition coefficient (Wildman–Crippen LogP) is 0.0284. The fraction of sp³-hybridized carbons (Fsp3) is 1.00. The lowest BCUT2D eigenvalue weighted by molar-refractivity contribution is 0.0292. The molecular formula is C38H78N6O9. The molecule has 0 aromatic heterocycles. The molecule has 0 amide bonds. The molecule has 0 unspecified atom stereocenters. The van der Waals surface area contributed by atoms with E-state index in [2.05, 4.69) is 43.5 Å². The van der Waals surface area contributed by atoms with Gasteiger partial charge in [-0.1, -0.05) is 0 Å². The summed E-state index contributed by atoms with van der Waals surface area (Å²) in [5.41, 5.74) is 0. The number of likely N-dealkylation sites (N-methyl/N-ethyl adjacent to an activating group) is 2. The van der Waals surface area contributed by atoms with Crippen LogP contribution in [0.1, 0.15) is 12.8 Å². The molecule has 15 nitrogen and oxygen atoms in total. The first-order chi connectivity index (χ1) is 26.2. The summed E-state index contributed by atoms with van der Waals surface area (Å²) in [4.78, 5) is 14.4. The molecule has 0 aromatic carbocycles. The number of hydrogen-bond acceptors (Lipinski definition) is 15. The normalized spacial score (nSPS) is 25.2. The van der Waals surface area contributed by atoms with E-state index in [9.17, 15) is 0 Å². The first-order valence-electron chi connectivity index (χ1n) is 20.7. The van der Waals surface area contributed by atoms with E-state index < -0.39 is 0 Å². The summed E-state index contributed by atoms with van der Waals surface area (Å²) in [7, 11) is 4.23. The van der Waals surface area contributed by atoms with Crippen LogP contribution >= 0.6 is 0 Å². The van der Waals surface area contributed by atoms with Crippen molar-refractivity contribution in [2.45, 2.75) is 12.8 Å². The molecule has 0 aliphatic carbocycles. The van der Waals surface area contributed by atoms with Gasteiger partial charge in [-0.15, -0.1) is 0 Å². The van der Waals surface area contributed by atoms with Crippen LogP contribution in [0.15, 0.2) is 0 Å². The van der Waals surface area contributed by atoms with Crippen LogP contribution < -0.4 is 0 Å². The van der Waals surface area contributed by atoms with Crippen LogP contribution in [0.25, 0.3) is 0 Å². The van der Waals surface area contributed by atoms with Crippen molar-refractivity contribution in [3.63, 3.8) is 0 Å². The zero-order valence-electron chi connectivity index (χ0n) is 33.8. The van der Waals surface area contributed by atoms with Crippen LogP contribution in [-0.2, 0) is 42.6 Å². The van der Waals surface area contributed by atoms with Crippen molar-refractivity contribution in [2.24, 2.45) is 0 Å². The third-order valence-corrected chi connectivity index (χ3v) is 9.90. The Balaban J connectivity index is 1.37. The fourth-order valence-electron chi connectivity index (χ4n) is 6.30. The summed E-state index contributed by atoms with van der Waals surface area (Å²) in [6.45, 7) is 27.5. The highest BCUT2D eigenvalue weighted by Crippen LogP contribution is 2.02. The van der Waals surface area contributed by atoms with Crippen molar-refractivity contribution in [1.82, 2.24) is 29.4 Å². The van der Waals surface area contributed by atoms with Gasteiger partial charge in [-0.05, 0) is 53.1 Å². The number of rotatable bonds is 8. The molecule has 3 heterocycles. The smallest absolute Gasteiger partial charge is 0.0701 e. The summed E-state index contributed by atoms with van der Waals surface area (Å²) in [6, 6.07) is 0. The van der Waals surface area contributed by atoms with Gasteiger partial charge in [-0.3, -0.25) is 19.6 Å². The molecule has 0 N–H and O–H groups in total. The van der Waals surface area contributed by atoms with Gasteiger partial charge in [0.1, 0.15) is 0 Å². The highest BCUT2D eigenvalue weighted by Gasteiger charge is 2.13. The lowest BCUT2D eigenvalue weighted by Crippen LogP contribution is -2.37. The van der Waals surface area contributed by atoms with E-state index in [0.29, 0.717) is 66.1 Å². The Morgan fingerprint density at radius 3 is 0.623 bits per heavy atom. The van der Waals surface area contributed by atoms with Crippen LogP contribution in [0.2, 0.25) is 0 Å². The van der Waals surface area contributed by atoms with Crippen molar-refractivity contribution < 1.29 is 42.6 Å². The van der Waals surface area contributed by atoms with E-state index in [0.717, 1.165) is 170 Å². The zero-order valence-corrected chi connectivity index (χ0v) is 33.8. The van der Waals surface area contributed by atoms with E-state index in [1.165, 1.54) is 0 Å². The van der Waals surface area contributed by atoms with Gasteiger partial charge in [0, 0.05) is 78.5 Å². The topological polar surface area (TPSA) is 103 Å². The summed E-state index contributed by atoms with van der Waals surface area (Å²) in [6.07, 6.45) is 2.15. The molecule has 0 bridgehead atoms. The van der Waals surface area contributed by atoms with Gasteiger partial charge in [-0.2, -0.15) is 0 Å². The van der Waals surface area contributed by atoms with Crippen LogP contribution in [-0.4, -0.2) is 267 Å². The second-order valence-corrected chi connectivity index (χ2v) is 14.2.